The topological polar surface area (TPSA) is 0 Å². The van der Waals surface area contributed by atoms with Crippen molar-refractivity contribution in [3.8, 4) is 0 Å². The Labute approximate surface area is 44.1 Å². The molecule has 0 spiro atoms. The lowest BCUT2D eigenvalue weighted by Crippen LogP contribution is -1.67. The van der Waals surface area contributed by atoms with Crippen LogP contribution < -0.4 is 0 Å². The second-order valence-corrected chi connectivity index (χ2v) is 2.03. The molecule has 0 aromatic heterocycles. The Balaban J connectivity index is 2.65. The highest BCUT2D eigenvalue weighted by Gasteiger charge is 1.74. The minimum absolute atomic E-state index is 0.601. The average Bonchev–Trinajstić information content (AvgIpc) is 1.65. The highest BCUT2D eigenvalue weighted by Crippen LogP contribution is 2.05. The lowest BCUT2D eigenvalue weighted by atomic mass is 10.5. The second kappa shape index (κ2) is 2.08. The predicted molar refractivity (Wildman–Crippen MR) is 33.5 cm³/mol. The molecule has 0 N–H and O–H groups in total. The van der Waals surface area contributed by atoms with Gasteiger partial charge in [-0.05, 0) is 5.75 Å². The van der Waals surface area contributed by atoms with E-state index in [9.17, 15) is 0 Å². The molecule has 1 aliphatic rings. The maximum Gasteiger partial charge on any atom is 0.0838 e. The second-order valence-electron chi connectivity index (χ2n) is 1.09. The summed E-state index contributed by atoms with van der Waals surface area (Å²) in [6.07, 6.45) is 5.53. The van der Waals surface area contributed by atoms with Crippen LogP contribution in [0.3, 0.4) is 0 Å². The minimum Gasteiger partial charge on any atom is -0.243 e. The van der Waals surface area contributed by atoms with E-state index in [1.165, 1.54) is 0 Å². The van der Waals surface area contributed by atoms with E-state index in [0.717, 1.165) is 0 Å². The summed E-state index contributed by atoms with van der Waals surface area (Å²) in [5, 5.41) is 1.66. The van der Waals surface area contributed by atoms with Crippen molar-refractivity contribution in [1.29, 1.82) is 2.25 Å². The molecule has 0 nitrogen and oxygen atoms in total. The fraction of sp³-hybridized carbons (Fsp3) is 0.200. The Kier molecular flexibility index (Phi) is 0.771. The molecule has 0 aromatic carbocycles. The summed E-state index contributed by atoms with van der Waals surface area (Å²) in [7, 11) is 0. The molecule has 34 valence electrons. The molecule has 0 saturated heterocycles. The van der Waals surface area contributed by atoms with Crippen LogP contribution >= 0.6 is 11.6 Å². The monoisotopic (exact) mass is 102 g/mol. The zero-order valence-corrected chi connectivity index (χ0v) is 4.24. The standard InChI is InChI=1S/C5H8S/c1-2-4-6-5-3-1/h1-4H,5-6H2/i6D2. The first-order valence-corrected chi connectivity index (χ1v) is 2.98. The molecule has 0 radical (unpaired) electrons. The number of allylic oxidation sites excluding steroid dienone is 2. The van der Waals surface area contributed by atoms with Crippen molar-refractivity contribution >= 4 is 11.6 Å². The SMILES string of the molecule is [2H]S1([2H])C=CC=CC1. The Morgan fingerprint density at radius 2 is 2.67 bits per heavy atom. The van der Waals surface area contributed by atoms with Gasteiger partial charge in [0.05, 0.1) is 2.25 Å². The van der Waals surface area contributed by atoms with Crippen molar-refractivity contribution in [2.45, 2.75) is 0 Å². The first-order valence-electron chi connectivity index (χ1n) is 2.75. The van der Waals surface area contributed by atoms with Crippen LogP contribution in [0.1, 0.15) is 0 Å². The molecule has 1 heteroatoms. The van der Waals surface area contributed by atoms with Crippen LogP contribution in [0.5, 0.6) is 0 Å². The maximum absolute atomic E-state index is 7.24. The van der Waals surface area contributed by atoms with Crippen molar-refractivity contribution in [3.63, 3.8) is 0 Å². The molecule has 1 aliphatic heterocycles. The lowest BCUT2D eigenvalue weighted by molar-refractivity contribution is 1.74. The van der Waals surface area contributed by atoms with E-state index < -0.39 is 11.6 Å². The third-order valence-electron chi connectivity index (χ3n) is 0.614. The fourth-order valence-electron chi connectivity index (χ4n) is 0.346. The number of hydrogen-bond donors (Lipinski definition) is 0. The molecule has 0 amide bonds. The molecule has 0 atom stereocenters. The van der Waals surface area contributed by atoms with E-state index in [2.05, 4.69) is 0 Å². The van der Waals surface area contributed by atoms with Gasteiger partial charge in [-0.1, -0.05) is 23.6 Å². The molecular weight excluding hydrogens is 92.1 g/mol. The van der Waals surface area contributed by atoms with Crippen molar-refractivity contribution < 1.29 is 0 Å². The largest absolute Gasteiger partial charge is 0.243 e. The van der Waals surface area contributed by atoms with Crippen molar-refractivity contribution in [1.82, 2.24) is 0 Å². The molecule has 0 saturated carbocycles. The smallest absolute Gasteiger partial charge is 0.0838 e. The lowest BCUT2D eigenvalue weighted by Gasteiger charge is -1.92. The Bertz CT molecular complexity index is 137. The van der Waals surface area contributed by atoms with E-state index in [1.807, 2.05) is 12.2 Å². The van der Waals surface area contributed by atoms with Crippen LogP contribution in [-0.4, -0.2) is 8.00 Å². The summed E-state index contributed by atoms with van der Waals surface area (Å²) in [6.45, 7) is 0. The van der Waals surface area contributed by atoms with Gasteiger partial charge in [0.15, 0.2) is 0 Å². The van der Waals surface area contributed by atoms with Gasteiger partial charge in [-0.3, -0.25) is 0 Å². The van der Waals surface area contributed by atoms with Crippen LogP contribution in [0.4, 0.5) is 0 Å². The van der Waals surface area contributed by atoms with Gasteiger partial charge >= 0.3 is 0 Å². The third kappa shape index (κ3) is 0.902. The first kappa shape index (κ1) is 2.22. The summed E-state index contributed by atoms with van der Waals surface area (Å²) in [5.74, 6) is 0.601. The van der Waals surface area contributed by atoms with Crippen LogP contribution in [0.15, 0.2) is 23.6 Å². The Hall–Kier alpha value is -0.170. The van der Waals surface area contributed by atoms with E-state index >= 15 is 0 Å². The van der Waals surface area contributed by atoms with E-state index in [4.69, 9.17) is 2.25 Å². The minimum atomic E-state index is -1.85. The van der Waals surface area contributed by atoms with Crippen LogP contribution in [0.2, 0.25) is 0 Å². The summed E-state index contributed by atoms with van der Waals surface area (Å²) in [5.41, 5.74) is 0. The van der Waals surface area contributed by atoms with Crippen molar-refractivity contribution in [2.75, 3.05) is 5.75 Å². The summed E-state index contributed by atoms with van der Waals surface area (Å²) >= 11 is -1.85. The molecule has 1 rings (SSSR count). The molecule has 0 unspecified atom stereocenters. The Morgan fingerprint density at radius 1 is 1.67 bits per heavy atom. The van der Waals surface area contributed by atoms with Crippen LogP contribution in [0, 0.1) is 0 Å². The number of hydrogen-bond acceptors (Lipinski definition) is 0. The zero-order valence-electron chi connectivity index (χ0n) is 5.42. The normalized spacial score (nSPS) is 37.3. The van der Waals surface area contributed by atoms with Gasteiger partial charge in [0.1, 0.15) is 0 Å². The molecule has 1 heterocycles. The highest BCUT2D eigenvalue weighted by atomic mass is 32.2. The van der Waals surface area contributed by atoms with Gasteiger partial charge in [-0.2, -0.15) is 0 Å². The van der Waals surface area contributed by atoms with Gasteiger partial charge < -0.3 is 0 Å². The van der Waals surface area contributed by atoms with E-state index in [-0.39, 0.29) is 0 Å². The fourth-order valence-corrected chi connectivity index (χ4v) is 0.881. The van der Waals surface area contributed by atoms with Crippen LogP contribution in [-0.2, 0) is 0 Å². The molecule has 0 aliphatic carbocycles. The highest BCUT2D eigenvalue weighted by molar-refractivity contribution is 8.02. The van der Waals surface area contributed by atoms with Gasteiger partial charge in [0.2, 0.25) is 0 Å². The van der Waals surface area contributed by atoms with Crippen molar-refractivity contribution in [2.24, 2.45) is 0 Å². The Morgan fingerprint density at radius 3 is 3.00 bits per heavy atom. The average molecular weight is 102 g/mol. The molecule has 6 heavy (non-hydrogen) atoms. The van der Waals surface area contributed by atoms with Gasteiger partial charge in [0.25, 0.3) is 0 Å². The molecular formula is C5H8S. The van der Waals surface area contributed by atoms with Gasteiger partial charge in [0, 0.05) is 0 Å². The maximum atomic E-state index is 7.24. The van der Waals surface area contributed by atoms with E-state index in [1.54, 1.807) is 11.5 Å². The van der Waals surface area contributed by atoms with Gasteiger partial charge in [-0.25, -0.2) is 11.6 Å². The van der Waals surface area contributed by atoms with Gasteiger partial charge in [-0.15, -0.1) is 0 Å². The molecule has 0 fully saturated rings. The summed E-state index contributed by atoms with van der Waals surface area (Å²) in [6, 6.07) is 0. The zero-order chi connectivity index (χ0) is 6.04. The molecule has 0 bridgehead atoms. The summed E-state index contributed by atoms with van der Waals surface area (Å²) in [4.78, 5) is 0. The van der Waals surface area contributed by atoms with Crippen LogP contribution in [0.25, 0.3) is 0 Å². The molecule has 0 aromatic rings. The quantitative estimate of drug-likeness (QED) is 0.432. The van der Waals surface area contributed by atoms with E-state index in [0.29, 0.717) is 5.75 Å². The predicted octanol–water partition coefficient (Wildman–Crippen LogP) is 1.27. The van der Waals surface area contributed by atoms with Crippen molar-refractivity contribution in [3.05, 3.63) is 23.6 Å². The number of rotatable bonds is 0. The first-order chi connectivity index (χ1) is 3.71. The third-order valence-corrected chi connectivity index (χ3v) is 1.35. The summed E-state index contributed by atoms with van der Waals surface area (Å²) < 4.78 is 14.5.